The number of rotatable bonds is 12. The van der Waals surface area contributed by atoms with Crippen molar-refractivity contribution in [1.29, 1.82) is 0 Å². The van der Waals surface area contributed by atoms with Crippen molar-refractivity contribution in [2.75, 3.05) is 24.7 Å². The monoisotopic (exact) mass is 845 g/mol. The van der Waals surface area contributed by atoms with E-state index < -0.39 is 5.97 Å². The molecule has 0 unspecified atom stereocenters. The number of nitrogens with zero attached hydrogens (tertiary/aromatic N) is 5. The van der Waals surface area contributed by atoms with Crippen LogP contribution in [0.1, 0.15) is 80.9 Å². The fourth-order valence-corrected chi connectivity index (χ4v) is 9.18. The second-order valence-corrected chi connectivity index (χ2v) is 16.5. The average molecular weight is 847 g/mol. The van der Waals surface area contributed by atoms with Crippen LogP contribution in [-0.4, -0.2) is 50.5 Å². The lowest BCUT2D eigenvalue weighted by Gasteiger charge is -2.35. The maximum atomic E-state index is 15.5. The van der Waals surface area contributed by atoms with E-state index in [-0.39, 0.29) is 18.6 Å². The molecule has 0 bridgehead atoms. The summed E-state index contributed by atoms with van der Waals surface area (Å²) in [6.07, 6.45) is 1.21. The third-order valence-corrected chi connectivity index (χ3v) is 12.6. The number of benzene rings is 4. The SMILES string of the molecule is CCOC(=O)c1cc2cc(OCc3ccccc3)cc(N3C[C@@H](C)n4c(c(CCCOc5cc(C)c(Cl)c(C)c5)c5ccc(Cl)c(-c6c(C)nn(C)c6C)c54)C3=O)c2n1C. The van der Waals surface area contributed by atoms with Crippen molar-refractivity contribution in [2.45, 2.75) is 67.0 Å². The highest BCUT2D eigenvalue weighted by Crippen LogP contribution is 2.46. The van der Waals surface area contributed by atoms with Crippen LogP contribution in [0.5, 0.6) is 11.5 Å². The van der Waals surface area contributed by atoms with Crippen LogP contribution in [-0.2, 0) is 31.9 Å². The van der Waals surface area contributed by atoms with Gasteiger partial charge in [0.15, 0.2) is 0 Å². The number of amides is 1. The Kier molecular flexibility index (Phi) is 11.2. The molecule has 1 aliphatic rings. The minimum absolute atomic E-state index is 0.161. The second kappa shape index (κ2) is 16.4. The molecule has 3 aromatic heterocycles. The smallest absolute Gasteiger partial charge is 0.354 e. The largest absolute Gasteiger partial charge is 0.494 e. The summed E-state index contributed by atoms with van der Waals surface area (Å²) in [5, 5.41) is 7.80. The van der Waals surface area contributed by atoms with Crippen LogP contribution in [0.3, 0.4) is 0 Å². The molecule has 1 amide bonds. The molecule has 60 heavy (non-hydrogen) atoms. The van der Waals surface area contributed by atoms with Gasteiger partial charge in [-0.2, -0.15) is 5.10 Å². The Bertz CT molecular complexity index is 2800. The minimum Gasteiger partial charge on any atom is -0.494 e. The second-order valence-electron chi connectivity index (χ2n) is 15.7. The highest BCUT2D eigenvalue weighted by Gasteiger charge is 2.38. The quantitative estimate of drug-likeness (QED) is 0.0898. The number of hydrogen-bond acceptors (Lipinski definition) is 6. The summed E-state index contributed by atoms with van der Waals surface area (Å²) in [7, 11) is 3.77. The molecule has 1 atom stereocenters. The zero-order chi connectivity index (χ0) is 42.6. The number of halogens is 2. The standard InChI is InChI=1S/C48H49Cl2N5O5/c1-9-58-48(57)40-23-33-22-35(60-26-32-14-11-10-12-15-32)24-39(44(33)52(40)7)54-25-29(4)55-45-37(17-18-38(49)42(45)41-30(5)51-53(8)31(41)6)36(46(55)47(54)56)16-13-19-59-34-20-27(2)43(50)28(3)21-34/h10-12,14-15,17-18,20-24,29H,9,13,16,19,25-26H2,1-8H3/t29-/m1/s1. The van der Waals surface area contributed by atoms with Gasteiger partial charge >= 0.3 is 5.97 Å². The lowest BCUT2D eigenvalue weighted by atomic mass is 9.98. The lowest BCUT2D eigenvalue weighted by molar-refractivity contribution is 0.0515. The van der Waals surface area contributed by atoms with Gasteiger partial charge in [0.05, 0.1) is 40.7 Å². The molecule has 12 heteroatoms. The first-order chi connectivity index (χ1) is 28.8. The number of fused-ring (bicyclic) bond motifs is 4. The molecule has 4 aromatic carbocycles. The van der Waals surface area contributed by atoms with Gasteiger partial charge in [0, 0.05) is 65.4 Å². The molecule has 8 rings (SSSR count). The summed E-state index contributed by atoms with van der Waals surface area (Å²) in [6.45, 7) is 13.3. The lowest BCUT2D eigenvalue weighted by Crippen LogP contribution is -2.43. The average Bonchev–Trinajstić information content (AvgIpc) is 3.83. The summed E-state index contributed by atoms with van der Waals surface area (Å²) in [5.74, 6) is 0.738. The van der Waals surface area contributed by atoms with Gasteiger partial charge in [0.2, 0.25) is 0 Å². The van der Waals surface area contributed by atoms with Crippen LogP contribution >= 0.6 is 23.2 Å². The molecule has 0 spiro atoms. The van der Waals surface area contributed by atoms with Crippen LogP contribution in [0, 0.1) is 27.7 Å². The highest BCUT2D eigenvalue weighted by molar-refractivity contribution is 6.35. The van der Waals surface area contributed by atoms with Gasteiger partial charge in [-0.25, -0.2) is 4.79 Å². The van der Waals surface area contributed by atoms with Crippen molar-refractivity contribution in [3.05, 3.63) is 128 Å². The number of aromatic nitrogens is 4. The first-order valence-electron chi connectivity index (χ1n) is 20.3. The molecular formula is C48H49Cl2N5O5. The van der Waals surface area contributed by atoms with Crippen LogP contribution in [0.4, 0.5) is 5.69 Å². The van der Waals surface area contributed by atoms with Gasteiger partial charge in [0.25, 0.3) is 5.91 Å². The van der Waals surface area contributed by atoms with Crippen molar-refractivity contribution in [1.82, 2.24) is 18.9 Å². The van der Waals surface area contributed by atoms with E-state index in [4.69, 9.17) is 42.5 Å². The number of ether oxygens (including phenoxy) is 3. The fourth-order valence-electron chi connectivity index (χ4n) is 8.82. The van der Waals surface area contributed by atoms with Gasteiger partial charge in [-0.3, -0.25) is 9.48 Å². The van der Waals surface area contributed by atoms with E-state index in [9.17, 15) is 4.79 Å². The van der Waals surface area contributed by atoms with Crippen LogP contribution in [0.2, 0.25) is 10.0 Å². The maximum absolute atomic E-state index is 15.5. The van der Waals surface area contributed by atoms with Gasteiger partial charge in [-0.1, -0.05) is 59.6 Å². The maximum Gasteiger partial charge on any atom is 0.354 e. The van der Waals surface area contributed by atoms with Crippen molar-refractivity contribution in [2.24, 2.45) is 14.1 Å². The molecule has 1 aliphatic heterocycles. The number of anilines is 1. The molecular weight excluding hydrogens is 797 g/mol. The Hall–Kier alpha value is -5.71. The molecule has 0 fully saturated rings. The van der Waals surface area contributed by atoms with E-state index in [2.05, 4.69) is 11.5 Å². The number of aryl methyl sites for hydroxylation is 6. The van der Waals surface area contributed by atoms with E-state index in [1.54, 1.807) is 6.92 Å². The third-order valence-electron chi connectivity index (χ3n) is 11.7. The first-order valence-corrected chi connectivity index (χ1v) is 21.1. The third kappa shape index (κ3) is 7.19. The Balaban J connectivity index is 1.28. The number of hydrogen-bond donors (Lipinski definition) is 0. The Morgan fingerprint density at radius 3 is 2.28 bits per heavy atom. The Morgan fingerprint density at radius 1 is 0.883 bits per heavy atom. The number of carbonyl (C=O) groups is 2. The molecule has 310 valence electrons. The molecule has 0 N–H and O–H groups in total. The highest BCUT2D eigenvalue weighted by atomic mass is 35.5. The molecule has 7 aromatic rings. The van der Waals surface area contributed by atoms with E-state index in [1.807, 2.05) is 129 Å². The van der Waals surface area contributed by atoms with Crippen molar-refractivity contribution >= 4 is 62.6 Å². The summed E-state index contributed by atoms with van der Waals surface area (Å²) in [4.78, 5) is 30.6. The predicted molar refractivity (Wildman–Crippen MR) is 239 cm³/mol. The van der Waals surface area contributed by atoms with E-state index in [1.165, 1.54) is 0 Å². The fraction of sp³-hybridized carbons (Fsp3) is 0.312. The summed E-state index contributed by atoms with van der Waals surface area (Å²) < 4.78 is 24.0. The molecule has 0 aliphatic carbocycles. The van der Waals surface area contributed by atoms with Crippen LogP contribution < -0.4 is 14.4 Å². The molecule has 0 saturated carbocycles. The van der Waals surface area contributed by atoms with Gasteiger partial charge in [0.1, 0.15) is 29.5 Å². The minimum atomic E-state index is -0.439. The van der Waals surface area contributed by atoms with Gasteiger partial charge in [-0.05, 0) is 107 Å². The summed E-state index contributed by atoms with van der Waals surface area (Å²) in [6, 6.07) is 23.3. The van der Waals surface area contributed by atoms with E-state index in [0.717, 1.165) is 77.3 Å². The Labute approximate surface area is 360 Å². The zero-order valence-corrected chi connectivity index (χ0v) is 36.8. The van der Waals surface area contributed by atoms with E-state index in [0.29, 0.717) is 60.4 Å². The van der Waals surface area contributed by atoms with Crippen molar-refractivity contribution < 1.29 is 23.8 Å². The normalized spacial score (nSPS) is 14.0. The van der Waals surface area contributed by atoms with Crippen LogP contribution in [0.15, 0.2) is 72.8 Å². The molecule has 4 heterocycles. The zero-order valence-electron chi connectivity index (χ0n) is 35.3. The van der Waals surface area contributed by atoms with Crippen molar-refractivity contribution in [3.8, 4) is 22.6 Å². The van der Waals surface area contributed by atoms with E-state index >= 15 is 4.79 Å². The number of esters is 1. The Morgan fingerprint density at radius 2 is 1.60 bits per heavy atom. The van der Waals surface area contributed by atoms with Crippen molar-refractivity contribution in [3.63, 3.8) is 0 Å². The summed E-state index contributed by atoms with van der Waals surface area (Å²) >= 11 is 13.6. The van der Waals surface area contributed by atoms with Gasteiger partial charge in [-0.15, -0.1) is 0 Å². The molecule has 0 saturated heterocycles. The number of carbonyl (C=O) groups excluding carboxylic acids is 2. The summed E-state index contributed by atoms with van der Waals surface area (Å²) in [5.41, 5.74) is 10.8. The first kappa shape index (κ1) is 41.0. The van der Waals surface area contributed by atoms with Gasteiger partial charge < -0.3 is 28.2 Å². The van der Waals surface area contributed by atoms with Crippen LogP contribution in [0.25, 0.3) is 32.9 Å². The molecule has 10 nitrogen and oxygen atoms in total. The predicted octanol–water partition coefficient (Wildman–Crippen LogP) is 11.1. The molecule has 0 radical (unpaired) electrons. The topological polar surface area (TPSA) is 92.8 Å².